The average molecular weight is 298 g/mol. The molecular formula is C14H22N2O3S. The molecule has 0 amide bonds. The Morgan fingerprint density at radius 1 is 1.45 bits per heavy atom. The van der Waals surface area contributed by atoms with Gasteiger partial charge < -0.3 is 10.5 Å². The summed E-state index contributed by atoms with van der Waals surface area (Å²) in [7, 11) is -3.49. The van der Waals surface area contributed by atoms with Gasteiger partial charge in [-0.3, -0.25) is 0 Å². The van der Waals surface area contributed by atoms with Crippen molar-refractivity contribution >= 4 is 15.7 Å². The second-order valence-electron chi connectivity index (χ2n) is 5.15. The van der Waals surface area contributed by atoms with Crippen LogP contribution in [0.1, 0.15) is 25.3 Å². The van der Waals surface area contributed by atoms with Gasteiger partial charge in [-0.05, 0) is 42.9 Å². The van der Waals surface area contributed by atoms with Crippen molar-refractivity contribution in [1.29, 1.82) is 0 Å². The zero-order chi connectivity index (χ0) is 14.6. The van der Waals surface area contributed by atoms with E-state index >= 15 is 0 Å². The molecule has 0 aromatic heterocycles. The molecule has 1 fully saturated rings. The summed E-state index contributed by atoms with van der Waals surface area (Å²) in [4.78, 5) is 0.226. The van der Waals surface area contributed by atoms with Crippen LogP contribution in [0.3, 0.4) is 0 Å². The lowest BCUT2D eigenvalue weighted by molar-refractivity contribution is 0.0568. The maximum absolute atomic E-state index is 12.2. The number of nitrogen functional groups attached to an aromatic ring is 1. The van der Waals surface area contributed by atoms with E-state index in [0.717, 1.165) is 31.4 Å². The van der Waals surface area contributed by atoms with Gasteiger partial charge in [-0.25, -0.2) is 13.1 Å². The summed E-state index contributed by atoms with van der Waals surface area (Å²) in [5, 5.41) is 0. The fourth-order valence-corrected chi connectivity index (χ4v) is 3.49. The van der Waals surface area contributed by atoms with Crippen molar-refractivity contribution in [2.45, 2.75) is 31.1 Å². The number of hydrogen-bond donors (Lipinski definition) is 2. The number of sulfonamides is 1. The van der Waals surface area contributed by atoms with Crippen LogP contribution in [0.4, 0.5) is 5.69 Å². The fourth-order valence-electron chi connectivity index (χ4n) is 2.34. The largest absolute Gasteiger partial charge is 0.398 e. The molecule has 0 bridgehead atoms. The number of rotatable bonds is 5. The molecule has 0 radical (unpaired) electrons. The molecule has 1 atom stereocenters. The highest BCUT2D eigenvalue weighted by molar-refractivity contribution is 7.89. The Kier molecular flexibility index (Phi) is 5.01. The summed E-state index contributed by atoms with van der Waals surface area (Å²) >= 11 is 0. The summed E-state index contributed by atoms with van der Waals surface area (Å²) in [5.74, 6) is 0.255. The molecule has 1 heterocycles. The highest BCUT2D eigenvalue weighted by atomic mass is 32.2. The van der Waals surface area contributed by atoms with E-state index in [0.29, 0.717) is 18.8 Å². The number of nitrogens with one attached hydrogen (secondary N) is 1. The van der Waals surface area contributed by atoms with E-state index in [2.05, 4.69) is 4.72 Å². The van der Waals surface area contributed by atoms with E-state index < -0.39 is 10.0 Å². The molecule has 6 heteroatoms. The molecule has 0 saturated carbocycles. The highest BCUT2D eigenvalue weighted by Gasteiger charge is 2.19. The second-order valence-corrected chi connectivity index (χ2v) is 6.92. The van der Waals surface area contributed by atoms with Gasteiger partial charge in [0.2, 0.25) is 10.0 Å². The Morgan fingerprint density at radius 2 is 2.25 bits per heavy atom. The number of anilines is 1. The van der Waals surface area contributed by atoms with Crippen LogP contribution in [0, 0.1) is 5.92 Å². The molecular weight excluding hydrogens is 276 g/mol. The Morgan fingerprint density at radius 3 is 2.85 bits per heavy atom. The zero-order valence-corrected chi connectivity index (χ0v) is 12.6. The molecule has 1 saturated heterocycles. The van der Waals surface area contributed by atoms with Gasteiger partial charge in [0.1, 0.15) is 0 Å². The number of nitrogens with two attached hydrogens (primary N) is 1. The van der Waals surface area contributed by atoms with Gasteiger partial charge in [-0.2, -0.15) is 0 Å². The lowest BCUT2D eigenvalue weighted by atomic mass is 10.0. The van der Waals surface area contributed by atoms with E-state index in [4.69, 9.17) is 10.5 Å². The van der Waals surface area contributed by atoms with Crippen molar-refractivity contribution < 1.29 is 13.2 Å². The summed E-state index contributed by atoms with van der Waals surface area (Å²) < 4.78 is 32.4. The van der Waals surface area contributed by atoms with Gasteiger partial charge in [0, 0.05) is 18.8 Å². The third-order valence-electron chi connectivity index (χ3n) is 3.63. The number of benzene rings is 1. The molecule has 20 heavy (non-hydrogen) atoms. The van der Waals surface area contributed by atoms with Crippen molar-refractivity contribution in [3.63, 3.8) is 0 Å². The Labute approximate surface area is 120 Å². The third-order valence-corrected chi connectivity index (χ3v) is 5.05. The summed E-state index contributed by atoms with van der Waals surface area (Å²) in [5.41, 5.74) is 7.34. The maximum atomic E-state index is 12.2. The molecule has 0 aliphatic carbocycles. The first-order valence-electron chi connectivity index (χ1n) is 6.98. The summed E-state index contributed by atoms with van der Waals surface area (Å²) in [6.07, 6.45) is 2.78. The van der Waals surface area contributed by atoms with Gasteiger partial charge in [0.05, 0.1) is 11.5 Å². The Bertz CT molecular complexity index is 552. The quantitative estimate of drug-likeness (QED) is 0.808. The first-order valence-corrected chi connectivity index (χ1v) is 8.47. The monoisotopic (exact) mass is 298 g/mol. The van der Waals surface area contributed by atoms with Crippen LogP contribution in [0.2, 0.25) is 0 Å². The zero-order valence-electron chi connectivity index (χ0n) is 11.8. The van der Waals surface area contributed by atoms with Crippen LogP contribution >= 0.6 is 0 Å². The maximum Gasteiger partial charge on any atom is 0.240 e. The lowest BCUT2D eigenvalue weighted by Crippen LogP contribution is -2.33. The van der Waals surface area contributed by atoms with Gasteiger partial charge in [0.25, 0.3) is 0 Å². The van der Waals surface area contributed by atoms with E-state index in [1.807, 2.05) is 6.92 Å². The molecule has 3 N–H and O–H groups in total. The van der Waals surface area contributed by atoms with Gasteiger partial charge in [-0.15, -0.1) is 0 Å². The normalized spacial score (nSPS) is 19.9. The van der Waals surface area contributed by atoms with Crippen LogP contribution in [0.15, 0.2) is 23.1 Å². The smallest absolute Gasteiger partial charge is 0.240 e. The Hall–Kier alpha value is -1.11. The molecule has 2 rings (SSSR count). The minimum absolute atomic E-state index is 0.226. The van der Waals surface area contributed by atoms with Gasteiger partial charge >= 0.3 is 0 Å². The topological polar surface area (TPSA) is 81.4 Å². The van der Waals surface area contributed by atoms with Crippen molar-refractivity contribution in [2.75, 3.05) is 25.5 Å². The predicted molar refractivity (Wildman–Crippen MR) is 79.0 cm³/mol. The van der Waals surface area contributed by atoms with Crippen molar-refractivity contribution in [2.24, 2.45) is 5.92 Å². The van der Waals surface area contributed by atoms with Crippen LogP contribution in [0.25, 0.3) is 0 Å². The summed E-state index contributed by atoms with van der Waals surface area (Å²) in [6, 6.07) is 4.90. The SMILES string of the molecule is CCc1ccc(S(=O)(=O)NCC2CCCOC2)cc1N. The molecule has 1 aliphatic rings. The number of ether oxygens (including phenoxy) is 1. The van der Waals surface area contributed by atoms with Crippen molar-refractivity contribution in [3.8, 4) is 0 Å². The van der Waals surface area contributed by atoms with Crippen molar-refractivity contribution in [1.82, 2.24) is 4.72 Å². The van der Waals surface area contributed by atoms with E-state index in [1.165, 1.54) is 6.07 Å². The standard InChI is InChI=1S/C14H22N2O3S/c1-2-12-5-6-13(8-14(12)15)20(17,18)16-9-11-4-3-7-19-10-11/h5-6,8,11,16H,2-4,7,9-10,15H2,1H3. The summed E-state index contributed by atoms with van der Waals surface area (Å²) in [6.45, 7) is 3.80. The van der Waals surface area contributed by atoms with Crippen LogP contribution < -0.4 is 10.5 Å². The first-order chi connectivity index (χ1) is 9.53. The molecule has 1 aromatic rings. The number of aryl methyl sites for hydroxylation is 1. The molecule has 5 nitrogen and oxygen atoms in total. The second kappa shape index (κ2) is 6.56. The van der Waals surface area contributed by atoms with Crippen LogP contribution in [-0.4, -0.2) is 28.2 Å². The van der Waals surface area contributed by atoms with Gasteiger partial charge in [-0.1, -0.05) is 13.0 Å². The molecule has 112 valence electrons. The lowest BCUT2D eigenvalue weighted by Gasteiger charge is -2.22. The number of hydrogen-bond acceptors (Lipinski definition) is 4. The van der Waals surface area contributed by atoms with E-state index in [-0.39, 0.29) is 10.8 Å². The molecule has 1 unspecified atom stereocenters. The van der Waals surface area contributed by atoms with Crippen LogP contribution in [0.5, 0.6) is 0 Å². The Balaban J connectivity index is 2.04. The van der Waals surface area contributed by atoms with Crippen LogP contribution in [-0.2, 0) is 21.2 Å². The predicted octanol–water partition coefficient (Wildman–Crippen LogP) is 1.54. The van der Waals surface area contributed by atoms with Gasteiger partial charge in [0.15, 0.2) is 0 Å². The first kappa shape index (κ1) is 15.3. The average Bonchev–Trinajstić information content (AvgIpc) is 2.46. The third kappa shape index (κ3) is 3.71. The highest BCUT2D eigenvalue weighted by Crippen LogP contribution is 2.19. The van der Waals surface area contributed by atoms with Crippen molar-refractivity contribution in [3.05, 3.63) is 23.8 Å². The van der Waals surface area contributed by atoms with E-state index in [1.54, 1.807) is 12.1 Å². The fraction of sp³-hybridized carbons (Fsp3) is 0.571. The molecule has 0 spiro atoms. The molecule has 1 aromatic carbocycles. The minimum Gasteiger partial charge on any atom is -0.398 e. The molecule has 1 aliphatic heterocycles. The van der Waals surface area contributed by atoms with E-state index in [9.17, 15) is 8.42 Å². The minimum atomic E-state index is -3.49.